The minimum absolute atomic E-state index is 0.117. The van der Waals surface area contributed by atoms with Gasteiger partial charge in [0.1, 0.15) is 0 Å². The Hall–Kier alpha value is -0.780. The largest absolute Gasteiger partial charge is 0.341 e. The highest BCUT2D eigenvalue weighted by Crippen LogP contribution is 2.38. The Bertz CT molecular complexity index is 688. The number of amides is 1. The number of hydrogen-bond donors (Lipinski definition) is 0. The summed E-state index contributed by atoms with van der Waals surface area (Å²) in [6.07, 6.45) is 1.12. The summed E-state index contributed by atoms with van der Waals surface area (Å²) < 4.78 is 23.1. The van der Waals surface area contributed by atoms with E-state index in [0.29, 0.717) is 23.9 Å². The molecule has 1 aromatic rings. The highest BCUT2D eigenvalue weighted by Gasteiger charge is 2.34. The molecular weight excluding hydrogens is 333 g/mol. The van der Waals surface area contributed by atoms with Crippen LogP contribution >= 0.6 is 22.3 Å². The van der Waals surface area contributed by atoms with Crippen LogP contribution in [0.25, 0.3) is 0 Å². The molecule has 4 nitrogen and oxygen atoms in total. The molecule has 0 spiro atoms. The Kier molecular flexibility index (Phi) is 4.57. The van der Waals surface area contributed by atoms with Crippen molar-refractivity contribution >= 4 is 37.2 Å². The molecule has 0 bridgehead atoms. The number of halogens is 2. The monoisotopic (exact) mass is 349 g/mol. The summed E-state index contributed by atoms with van der Waals surface area (Å²) in [7, 11) is 3.16. The Morgan fingerprint density at radius 2 is 2.00 bits per heavy atom. The van der Waals surface area contributed by atoms with E-state index in [2.05, 4.69) is 6.92 Å². The van der Waals surface area contributed by atoms with Gasteiger partial charge in [0.25, 0.3) is 15.0 Å². The van der Waals surface area contributed by atoms with E-state index in [1.807, 2.05) is 0 Å². The maximum atomic E-state index is 12.5. The van der Waals surface area contributed by atoms with Gasteiger partial charge in [0.2, 0.25) is 0 Å². The van der Waals surface area contributed by atoms with Crippen molar-refractivity contribution in [1.82, 2.24) is 4.90 Å². The zero-order valence-electron chi connectivity index (χ0n) is 12.1. The number of nitrogens with zero attached hydrogens (tertiary/aromatic N) is 1. The van der Waals surface area contributed by atoms with Gasteiger partial charge in [-0.1, -0.05) is 18.5 Å². The fourth-order valence-electron chi connectivity index (χ4n) is 2.42. The third-order valence-electron chi connectivity index (χ3n) is 3.95. The molecule has 2 unspecified atom stereocenters. The van der Waals surface area contributed by atoms with E-state index in [0.717, 1.165) is 6.42 Å². The van der Waals surface area contributed by atoms with Gasteiger partial charge in [-0.05, 0) is 42.9 Å². The Morgan fingerprint density at radius 3 is 2.48 bits per heavy atom. The normalized spacial score (nSPS) is 21.2. The lowest BCUT2D eigenvalue weighted by molar-refractivity contribution is 0.0786. The molecule has 21 heavy (non-hydrogen) atoms. The van der Waals surface area contributed by atoms with E-state index < -0.39 is 9.05 Å². The Balaban J connectivity index is 2.34. The predicted molar refractivity (Wildman–Crippen MR) is 83.5 cm³/mol. The van der Waals surface area contributed by atoms with Crippen LogP contribution in [0.1, 0.15) is 29.3 Å². The predicted octanol–water partition coefficient (Wildman–Crippen LogP) is 3.30. The maximum absolute atomic E-state index is 12.5. The molecule has 1 fully saturated rings. The summed E-state index contributed by atoms with van der Waals surface area (Å²) in [5.41, 5.74) is 0.604. The van der Waals surface area contributed by atoms with Gasteiger partial charge >= 0.3 is 0 Å². The van der Waals surface area contributed by atoms with Crippen LogP contribution in [0.5, 0.6) is 0 Å². The van der Waals surface area contributed by atoms with Crippen molar-refractivity contribution in [2.24, 2.45) is 11.8 Å². The average Bonchev–Trinajstić information content (AvgIpc) is 3.05. The SMILES string of the molecule is Cc1c(C(=O)N(C)CC2CC2C)cc(Cl)cc1S(=O)(=O)Cl. The van der Waals surface area contributed by atoms with Crippen molar-refractivity contribution in [2.75, 3.05) is 13.6 Å². The molecule has 0 N–H and O–H groups in total. The molecule has 0 radical (unpaired) electrons. The number of hydrogen-bond acceptors (Lipinski definition) is 3. The second-order valence-corrected chi connectivity index (χ2v) is 8.64. The molecule has 0 heterocycles. The summed E-state index contributed by atoms with van der Waals surface area (Å²) in [6.45, 7) is 4.37. The molecule has 2 atom stereocenters. The van der Waals surface area contributed by atoms with Crippen LogP contribution in [-0.2, 0) is 9.05 Å². The van der Waals surface area contributed by atoms with Gasteiger partial charge in [0, 0.05) is 34.9 Å². The first kappa shape index (κ1) is 16.6. The van der Waals surface area contributed by atoms with Crippen molar-refractivity contribution < 1.29 is 13.2 Å². The summed E-state index contributed by atoms with van der Waals surface area (Å²) in [5.74, 6) is 0.921. The highest BCUT2D eigenvalue weighted by molar-refractivity contribution is 8.13. The fraction of sp³-hybridized carbons (Fsp3) is 0.500. The number of benzene rings is 1. The van der Waals surface area contributed by atoms with Crippen LogP contribution in [0.15, 0.2) is 17.0 Å². The first-order valence-electron chi connectivity index (χ1n) is 6.61. The molecule has 1 aliphatic rings. The minimum Gasteiger partial charge on any atom is -0.341 e. The Morgan fingerprint density at radius 1 is 1.43 bits per heavy atom. The summed E-state index contributed by atoms with van der Waals surface area (Å²) in [4.78, 5) is 14.0. The molecule has 1 aromatic carbocycles. The van der Waals surface area contributed by atoms with E-state index in [1.165, 1.54) is 12.1 Å². The van der Waals surface area contributed by atoms with Crippen molar-refractivity contribution in [3.63, 3.8) is 0 Å². The lowest BCUT2D eigenvalue weighted by Gasteiger charge is -2.19. The number of carbonyl (C=O) groups is 1. The van der Waals surface area contributed by atoms with Gasteiger partial charge in [0.05, 0.1) is 4.90 Å². The van der Waals surface area contributed by atoms with E-state index in [-0.39, 0.29) is 21.4 Å². The first-order chi connectivity index (χ1) is 9.61. The lowest BCUT2D eigenvalue weighted by Crippen LogP contribution is -2.30. The molecule has 1 amide bonds. The van der Waals surface area contributed by atoms with Crippen LogP contribution < -0.4 is 0 Å². The lowest BCUT2D eigenvalue weighted by atomic mass is 10.1. The van der Waals surface area contributed by atoms with Crippen LogP contribution in [0.3, 0.4) is 0 Å². The summed E-state index contributed by atoms with van der Waals surface area (Å²) in [5, 5.41) is 0.177. The zero-order valence-corrected chi connectivity index (χ0v) is 14.4. The molecule has 1 aliphatic carbocycles. The quantitative estimate of drug-likeness (QED) is 0.783. The highest BCUT2D eigenvalue weighted by atomic mass is 35.7. The van der Waals surface area contributed by atoms with Crippen molar-refractivity contribution in [2.45, 2.75) is 25.2 Å². The Labute approximate surface area is 134 Å². The first-order valence-corrected chi connectivity index (χ1v) is 9.30. The molecule has 7 heteroatoms. The number of rotatable bonds is 4. The smallest absolute Gasteiger partial charge is 0.261 e. The summed E-state index contributed by atoms with van der Waals surface area (Å²) in [6, 6.07) is 2.75. The fourth-order valence-corrected chi connectivity index (χ4v) is 3.93. The van der Waals surface area contributed by atoms with E-state index in [1.54, 1.807) is 18.9 Å². The van der Waals surface area contributed by atoms with E-state index in [4.69, 9.17) is 22.3 Å². The van der Waals surface area contributed by atoms with Crippen LogP contribution in [-0.4, -0.2) is 32.8 Å². The molecule has 0 aromatic heterocycles. The van der Waals surface area contributed by atoms with Gasteiger partial charge in [-0.25, -0.2) is 8.42 Å². The molecule has 0 aliphatic heterocycles. The van der Waals surface area contributed by atoms with Crippen LogP contribution in [0.2, 0.25) is 5.02 Å². The zero-order chi connectivity index (χ0) is 15.9. The molecule has 2 rings (SSSR count). The topological polar surface area (TPSA) is 54.5 Å². The molecule has 116 valence electrons. The van der Waals surface area contributed by atoms with Crippen molar-refractivity contribution in [3.8, 4) is 0 Å². The van der Waals surface area contributed by atoms with Crippen molar-refractivity contribution in [1.29, 1.82) is 0 Å². The second-order valence-electron chi connectivity index (χ2n) is 5.67. The van der Waals surface area contributed by atoms with E-state index >= 15 is 0 Å². The molecule has 0 saturated heterocycles. The third-order valence-corrected chi connectivity index (χ3v) is 5.62. The van der Waals surface area contributed by atoms with Gasteiger partial charge in [-0.3, -0.25) is 4.79 Å². The third kappa shape index (κ3) is 3.71. The van der Waals surface area contributed by atoms with Gasteiger partial charge in [-0.2, -0.15) is 0 Å². The molecular formula is C14H17Cl2NO3S. The van der Waals surface area contributed by atoms with Crippen molar-refractivity contribution in [3.05, 3.63) is 28.3 Å². The number of carbonyl (C=O) groups excluding carboxylic acids is 1. The van der Waals surface area contributed by atoms with Gasteiger partial charge < -0.3 is 4.90 Å². The van der Waals surface area contributed by atoms with Gasteiger partial charge in [0.15, 0.2) is 0 Å². The average molecular weight is 350 g/mol. The van der Waals surface area contributed by atoms with Gasteiger partial charge in [-0.15, -0.1) is 0 Å². The second kappa shape index (κ2) is 5.78. The van der Waals surface area contributed by atoms with E-state index in [9.17, 15) is 13.2 Å². The van der Waals surface area contributed by atoms with Crippen LogP contribution in [0, 0.1) is 18.8 Å². The standard InChI is InChI=1S/C14H17Cl2NO3S/c1-8-4-10(8)7-17(3)14(18)12-5-11(15)6-13(9(12)2)21(16,19)20/h5-6,8,10H,4,7H2,1-3H3. The molecule has 1 saturated carbocycles. The maximum Gasteiger partial charge on any atom is 0.261 e. The summed E-state index contributed by atoms with van der Waals surface area (Å²) >= 11 is 5.92. The van der Waals surface area contributed by atoms with Crippen LogP contribution in [0.4, 0.5) is 0 Å². The minimum atomic E-state index is -3.94.